The molecule has 4 aromatic heterocycles. The normalized spacial score (nSPS) is 15.0. The van der Waals surface area contributed by atoms with Gasteiger partial charge < -0.3 is 14.7 Å². The molecule has 29 heavy (non-hydrogen) atoms. The molecule has 7 heteroatoms. The summed E-state index contributed by atoms with van der Waals surface area (Å²) < 4.78 is 1.96. The Morgan fingerprint density at radius 3 is 2.52 bits per heavy atom. The third-order valence-electron chi connectivity index (χ3n) is 5.71. The van der Waals surface area contributed by atoms with Gasteiger partial charge in [0.05, 0.1) is 22.3 Å². The highest BCUT2D eigenvalue weighted by molar-refractivity contribution is 5.85. The minimum Gasteiger partial charge on any atom is -0.343 e. The Labute approximate surface area is 174 Å². The fraction of sp³-hybridized carbons (Fsp3) is 0.318. The number of H-pyrrole nitrogens is 1. The van der Waals surface area contributed by atoms with Crippen LogP contribution in [-0.4, -0.2) is 32.4 Å². The van der Waals surface area contributed by atoms with Gasteiger partial charge >= 0.3 is 0 Å². The molecule has 0 amide bonds. The van der Waals surface area contributed by atoms with Gasteiger partial charge in [-0.1, -0.05) is 0 Å². The first kappa shape index (κ1) is 19.6. The number of rotatable bonds is 2. The van der Waals surface area contributed by atoms with Gasteiger partial charge in [-0.2, -0.15) is 0 Å². The quantitative estimate of drug-likeness (QED) is 0.528. The lowest BCUT2D eigenvalue weighted by molar-refractivity contribution is 0.454. The van der Waals surface area contributed by atoms with E-state index in [0.717, 1.165) is 54.0 Å². The smallest absolute Gasteiger partial charge is 0.196 e. The largest absolute Gasteiger partial charge is 0.343 e. The van der Waals surface area contributed by atoms with Crippen LogP contribution in [-0.2, 0) is 0 Å². The average Bonchev–Trinajstić information content (AvgIpc) is 3.11. The number of hydrogen-bond donors (Lipinski definition) is 2. The van der Waals surface area contributed by atoms with Gasteiger partial charge in [-0.15, -0.1) is 12.4 Å². The number of aromatic nitrogens is 4. The van der Waals surface area contributed by atoms with Crippen LogP contribution in [0.3, 0.4) is 0 Å². The van der Waals surface area contributed by atoms with Crippen molar-refractivity contribution < 1.29 is 0 Å². The molecule has 0 aromatic carbocycles. The first-order valence-electron chi connectivity index (χ1n) is 9.80. The van der Waals surface area contributed by atoms with Crippen molar-refractivity contribution in [2.75, 3.05) is 13.1 Å². The van der Waals surface area contributed by atoms with Crippen molar-refractivity contribution in [2.45, 2.75) is 32.6 Å². The first-order chi connectivity index (χ1) is 13.6. The number of aryl methyl sites for hydroxylation is 2. The van der Waals surface area contributed by atoms with Crippen molar-refractivity contribution in [3.8, 4) is 11.3 Å². The van der Waals surface area contributed by atoms with E-state index in [0.29, 0.717) is 22.7 Å². The summed E-state index contributed by atoms with van der Waals surface area (Å²) in [6.45, 7) is 5.93. The van der Waals surface area contributed by atoms with Gasteiger partial charge in [-0.25, -0.2) is 4.98 Å². The van der Waals surface area contributed by atoms with Crippen molar-refractivity contribution in [3.05, 3.63) is 63.8 Å². The molecule has 0 spiro atoms. The summed E-state index contributed by atoms with van der Waals surface area (Å²) in [6.07, 6.45) is 6.09. The van der Waals surface area contributed by atoms with Crippen LogP contribution in [0.25, 0.3) is 27.9 Å². The molecular formula is C22H24ClN5O. The maximum atomic E-state index is 12.9. The predicted octanol–water partition coefficient (Wildman–Crippen LogP) is 3.74. The van der Waals surface area contributed by atoms with Gasteiger partial charge in [-0.3, -0.25) is 9.78 Å². The molecule has 2 N–H and O–H groups in total. The predicted molar refractivity (Wildman–Crippen MR) is 118 cm³/mol. The van der Waals surface area contributed by atoms with Crippen LogP contribution in [0.4, 0.5) is 0 Å². The number of fused-ring (bicyclic) bond motifs is 2. The number of imidazole rings is 1. The highest BCUT2D eigenvalue weighted by Crippen LogP contribution is 2.26. The molecule has 0 aliphatic carbocycles. The molecule has 5 rings (SSSR count). The van der Waals surface area contributed by atoms with E-state index in [1.165, 1.54) is 0 Å². The number of pyridine rings is 3. The van der Waals surface area contributed by atoms with E-state index < -0.39 is 0 Å². The molecule has 0 radical (unpaired) electrons. The van der Waals surface area contributed by atoms with Crippen molar-refractivity contribution >= 4 is 29.1 Å². The molecule has 1 fully saturated rings. The summed E-state index contributed by atoms with van der Waals surface area (Å²) in [5.74, 6) is 0.511. The second-order valence-electron chi connectivity index (χ2n) is 7.69. The highest BCUT2D eigenvalue weighted by Gasteiger charge is 2.17. The zero-order valence-corrected chi connectivity index (χ0v) is 17.3. The second-order valence-corrected chi connectivity index (χ2v) is 7.69. The molecule has 0 bridgehead atoms. The Morgan fingerprint density at radius 2 is 1.72 bits per heavy atom. The molecule has 1 saturated heterocycles. The highest BCUT2D eigenvalue weighted by atomic mass is 35.5. The van der Waals surface area contributed by atoms with Crippen LogP contribution in [0.5, 0.6) is 0 Å². The molecule has 1 aliphatic heterocycles. The van der Waals surface area contributed by atoms with Gasteiger partial charge in [0.15, 0.2) is 5.43 Å². The van der Waals surface area contributed by atoms with Crippen LogP contribution in [0.2, 0.25) is 0 Å². The molecule has 6 nitrogen and oxygen atoms in total. The monoisotopic (exact) mass is 409 g/mol. The van der Waals surface area contributed by atoms with E-state index in [2.05, 4.69) is 16.4 Å². The Bertz CT molecular complexity index is 1250. The van der Waals surface area contributed by atoms with Crippen molar-refractivity contribution in [3.63, 3.8) is 0 Å². The molecule has 1 aliphatic rings. The van der Waals surface area contributed by atoms with Crippen LogP contribution in [0.15, 0.2) is 41.5 Å². The molecular weight excluding hydrogens is 386 g/mol. The lowest BCUT2D eigenvalue weighted by Crippen LogP contribution is -2.27. The van der Waals surface area contributed by atoms with Crippen molar-refractivity contribution in [1.82, 2.24) is 24.7 Å². The van der Waals surface area contributed by atoms with Gasteiger partial charge in [0.25, 0.3) is 0 Å². The maximum absolute atomic E-state index is 12.9. The molecule has 0 atom stereocenters. The van der Waals surface area contributed by atoms with E-state index in [9.17, 15) is 4.79 Å². The SMILES string of the molecule is Cc1cn2cc(-c3ccc4nc(C5CCNCC5)ccc4n3)c(=O)c(C)c2[nH]1.Cl. The lowest BCUT2D eigenvalue weighted by Gasteiger charge is -2.22. The number of aromatic amines is 1. The van der Waals surface area contributed by atoms with Crippen molar-refractivity contribution in [2.24, 2.45) is 0 Å². The van der Waals surface area contributed by atoms with Gasteiger partial charge in [-0.05, 0) is 64.0 Å². The Balaban J connectivity index is 0.00000205. The molecule has 4 aromatic rings. The number of piperidine rings is 1. The Morgan fingerprint density at radius 1 is 1.00 bits per heavy atom. The summed E-state index contributed by atoms with van der Waals surface area (Å²) >= 11 is 0. The molecule has 0 unspecified atom stereocenters. The lowest BCUT2D eigenvalue weighted by atomic mass is 9.94. The van der Waals surface area contributed by atoms with Gasteiger partial charge in [0.1, 0.15) is 5.65 Å². The number of nitrogens with one attached hydrogen (secondary N) is 2. The van der Waals surface area contributed by atoms with Crippen LogP contribution in [0.1, 0.15) is 35.7 Å². The minimum absolute atomic E-state index is 0. The fourth-order valence-electron chi connectivity index (χ4n) is 4.16. The topological polar surface area (TPSA) is 75.1 Å². The van der Waals surface area contributed by atoms with Crippen LogP contribution >= 0.6 is 12.4 Å². The zero-order valence-electron chi connectivity index (χ0n) is 16.5. The molecule has 5 heterocycles. The Hall–Kier alpha value is -2.70. The first-order valence-corrected chi connectivity index (χ1v) is 9.80. The Kier molecular flexibility index (Phi) is 5.15. The van der Waals surface area contributed by atoms with Gasteiger partial charge in [0, 0.05) is 35.3 Å². The average molecular weight is 410 g/mol. The second kappa shape index (κ2) is 7.61. The standard InChI is InChI=1S/C22H23N5O.ClH/c1-13-11-27-12-16(21(28)14(2)22(27)24-13)18-4-6-19-20(26-18)5-3-17(25-19)15-7-9-23-10-8-15;/h3-6,11-12,15,23-24H,7-10H2,1-2H3;1H. The van der Waals surface area contributed by atoms with Crippen LogP contribution < -0.4 is 10.7 Å². The summed E-state index contributed by atoms with van der Waals surface area (Å²) in [5.41, 5.74) is 6.70. The summed E-state index contributed by atoms with van der Waals surface area (Å²) in [5, 5.41) is 3.40. The minimum atomic E-state index is 0. The van der Waals surface area contributed by atoms with E-state index in [1.54, 1.807) is 0 Å². The van der Waals surface area contributed by atoms with E-state index in [1.807, 2.05) is 48.8 Å². The molecule has 0 saturated carbocycles. The van der Waals surface area contributed by atoms with E-state index in [-0.39, 0.29) is 17.8 Å². The fourth-order valence-corrected chi connectivity index (χ4v) is 4.16. The summed E-state index contributed by atoms with van der Waals surface area (Å²) in [7, 11) is 0. The summed E-state index contributed by atoms with van der Waals surface area (Å²) in [6, 6.07) is 8.01. The van der Waals surface area contributed by atoms with E-state index >= 15 is 0 Å². The number of halogens is 1. The van der Waals surface area contributed by atoms with Crippen LogP contribution in [0, 0.1) is 13.8 Å². The van der Waals surface area contributed by atoms with E-state index in [4.69, 9.17) is 9.97 Å². The summed E-state index contributed by atoms with van der Waals surface area (Å²) in [4.78, 5) is 25.7. The molecule has 150 valence electrons. The maximum Gasteiger partial charge on any atom is 0.196 e. The third kappa shape index (κ3) is 3.43. The number of nitrogens with zero attached hydrogens (tertiary/aromatic N) is 3. The zero-order chi connectivity index (χ0) is 19.3. The number of hydrogen-bond acceptors (Lipinski definition) is 4. The van der Waals surface area contributed by atoms with Crippen molar-refractivity contribution in [1.29, 1.82) is 0 Å². The third-order valence-corrected chi connectivity index (χ3v) is 5.71. The van der Waals surface area contributed by atoms with Gasteiger partial charge in [0.2, 0.25) is 0 Å².